The molecule has 12 heteroatoms. The molecule has 0 aliphatic carbocycles. The van der Waals surface area contributed by atoms with Crippen molar-refractivity contribution >= 4 is 56.5 Å². The predicted molar refractivity (Wildman–Crippen MR) is 130 cm³/mol. The van der Waals surface area contributed by atoms with Crippen LogP contribution >= 0.6 is 39.1 Å². The molecule has 0 saturated carbocycles. The largest absolute Gasteiger partial charge is 0.484 e. The number of amides is 1. The highest BCUT2D eigenvalue weighted by Crippen LogP contribution is 2.29. The number of nitrogens with one attached hydrogen (secondary N) is 1. The van der Waals surface area contributed by atoms with Gasteiger partial charge in [0.05, 0.1) is 21.0 Å². The summed E-state index contributed by atoms with van der Waals surface area (Å²) in [6, 6.07) is 14.4. The average Bonchev–Trinajstić information content (AvgIpc) is 3.41. The molecular weight excluding hydrogens is 551 g/mol. The summed E-state index contributed by atoms with van der Waals surface area (Å²) < 4.78 is 13.3. The number of nitro groups is 1. The zero-order valence-electron chi connectivity index (χ0n) is 17.2. The summed E-state index contributed by atoms with van der Waals surface area (Å²) in [4.78, 5) is 22.9. The Kier molecular flexibility index (Phi) is 7.20. The van der Waals surface area contributed by atoms with Gasteiger partial charge in [0.1, 0.15) is 18.1 Å². The molecule has 1 N–H and O–H groups in total. The molecular formula is C22H15BrCl2N4O5. The van der Waals surface area contributed by atoms with Crippen LogP contribution in [0.3, 0.4) is 0 Å². The smallest absolute Gasteiger partial charge is 0.292 e. The highest BCUT2D eigenvalue weighted by molar-refractivity contribution is 9.10. The van der Waals surface area contributed by atoms with Gasteiger partial charge in [0.15, 0.2) is 11.6 Å². The second kappa shape index (κ2) is 10.3. The van der Waals surface area contributed by atoms with E-state index in [4.69, 9.17) is 32.4 Å². The summed E-state index contributed by atoms with van der Waals surface area (Å²) in [7, 11) is 0. The maximum absolute atomic E-state index is 12.6. The average molecular weight is 566 g/mol. The third kappa shape index (κ3) is 5.58. The lowest BCUT2D eigenvalue weighted by Crippen LogP contribution is -2.12. The Morgan fingerprint density at radius 1 is 1.18 bits per heavy atom. The SMILES string of the molecule is O=C(Nc1nn(Cc2ccccc2Cl)cc1Br)c1ccc(COc2ccc([N+](=O)[O-])cc2Cl)o1. The van der Waals surface area contributed by atoms with E-state index in [1.807, 2.05) is 18.2 Å². The van der Waals surface area contributed by atoms with E-state index in [9.17, 15) is 14.9 Å². The van der Waals surface area contributed by atoms with Crippen LogP contribution in [-0.2, 0) is 13.2 Å². The van der Waals surface area contributed by atoms with Crippen molar-refractivity contribution in [2.45, 2.75) is 13.2 Å². The van der Waals surface area contributed by atoms with Crippen molar-refractivity contribution < 1.29 is 18.9 Å². The minimum atomic E-state index is -0.550. The van der Waals surface area contributed by atoms with Crippen LogP contribution < -0.4 is 10.1 Å². The fourth-order valence-electron chi connectivity index (χ4n) is 2.98. The number of rotatable bonds is 8. The van der Waals surface area contributed by atoms with Crippen molar-refractivity contribution in [3.8, 4) is 5.75 Å². The third-order valence-electron chi connectivity index (χ3n) is 4.62. The molecule has 1 amide bonds. The van der Waals surface area contributed by atoms with Gasteiger partial charge in [-0.25, -0.2) is 0 Å². The Labute approximate surface area is 211 Å². The molecule has 0 unspecified atom stereocenters. The third-order valence-corrected chi connectivity index (χ3v) is 5.87. The number of carbonyl (C=O) groups is 1. The van der Waals surface area contributed by atoms with Crippen LogP contribution in [0.15, 0.2) is 69.7 Å². The van der Waals surface area contributed by atoms with Gasteiger partial charge in [-0.05, 0) is 45.8 Å². The van der Waals surface area contributed by atoms with Crippen LogP contribution in [0.5, 0.6) is 5.75 Å². The van der Waals surface area contributed by atoms with Crippen molar-refractivity contribution in [3.63, 3.8) is 0 Å². The van der Waals surface area contributed by atoms with E-state index in [-0.39, 0.29) is 28.8 Å². The molecule has 0 atom stereocenters. The van der Waals surface area contributed by atoms with Gasteiger partial charge in [-0.2, -0.15) is 5.10 Å². The monoisotopic (exact) mass is 564 g/mol. The number of nitrogens with zero attached hydrogens (tertiary/aromatic N) is 3. The molecule has 0 aliphatic heterocycles. The highest BCUT2D eigenvalue weighted by atomic mass is 79.9. The van der Waals surface area contributed by atoms with Crippen molar-refractivity contribution in [2.75, 3.05) is 5.32 Å². The molecule has 0 fully saturated rings. The fourth-order valence-corrected chi connectivity index (χ4v) is 3.82. The second-order valence-corrected chi connectivity index (χ2v) is 8.66. The minimum Gasteiger partial charge on any atom is -0.484 e. The van der Waals surface area contributed by atoms with Crippen molar-refractivity contribution in [1.82, 2.24) is 9.78 Å². The van der Waals surface area contributed by atoms with Gasteiger partial charge >= 0.3 is 0 Å². The summed E-state index contributed by atoms with van der Waals surface area (Å²) in [5.41, 5.74) is 0.746. The normalized spacial score (nSPS) is 10.8. The minimum absolute atomic E-state index is 0.0268. The number of hydrogen-bond donors (Lipinski definition) is 1. The van der Waals surface area contributed by atoms with Crippen molar-refractivity contribution in [2.24, 2.45) is 0 Å². The van der Waals surface area contributed by atoms with E-state index in [1.165, 1.54) is 24.3 Å². The number of non-ortho nitro benzene ring substituents is 1. The van der Waals surface area contributed by atoms with Crippen molar-refractivity contribution in [1.29, 1.82) is 0 Å². The van der Waals surface area contributed by atoms with Gasteiger partial charge in [-0.3, -0.25) is 19.6 Å². The molecule has 174 valence electrons. The number of ether oxygens (including phenoxy) is 1. The Hall–Kier alpha value is -3.34. The van der Waals surface area contributed by atoms with E-state index in [0.717, 1.165) is 5.56 Å². The molecule has 0 saturated heterocycles. The van der Waals surface area contributed by atoms with Gasteiger partial charge in [0, 0.05) is 23.4 Å². The van der Waals surface area contributed by atoms with Gasteiger partial charge in [-0.15, -0.1) is 0 Å². The molecule has 2 heterocycles. The van der Waals surface area contributed by atoms with Gasteiger partial charge in [-0.1, -0.05) is 41.4 Å². The summed E-state index contributed by atoms with van der Waals surface area (Å²) in [6.07, 6.45) is 1.73. The van der Waals surface area contributed by atoms with Gasteiger partial charge in [0.2, 0.25) is 0 Å². The molecule has 0 aliphatic rings. The van der Waals surface area contributed by atoms with E-state index in [2.05, 4.69) is 26.3 Å². The lowest BCUT2D eigenvalue weighted by atomic mass is 10.2. The van der Waals surface area contributed by atoms with Crippen LogP contribution in [-0.4, -0.2) is 20.6 Å². The number of aromatic nitrogens is 2. The quantitative estimate of drug-likeness (QED) is 0.197. The number of anilines is 1. The van der Waals surface area contributed by atoms with E-state index in [1.54, 1.807) is 23.0 Å². The number of furan rings is 1. The predicted octanol–water partition coefficient (Wildman–Crippen LogP) is 6.33. The van der Waals surface area contributed by atoms with Crippen molar-refractivity contribution in [3.05, 3.63) is 103 Å². The molecule has 0 bridgehead atoms. The topological polar surface area (TPSA) is 112 Å². The molecule has 34 heavy (non-hydrogen) atoms. The lowest BCUT2D eigenvalue weighted by Gasteiger charge is -2.06. The van der Waals surface area contributed by atoms with Crippen LogP contribution in [0.1, 0.15) is 21.9 Å². The first-order chi connectivity index (χ1) is 16.3. The lowest BCUT2D eigenvalue weighted by molar-refractivity contribution is -0.384. The zero-order valence-corrected chi connectivity index (χ0v) is 20.3. The number of halogens is 3. The Morgan fingerprint density at radius 3 is 2.71 bits per heavy atom. The van der Waals surface area contributed by atoms with E-state index >= 15 is 0 Å². The van der Waals surface area contributed by atoms with E-state index in [0.29, 0.717) is 27.6 Å². The van der Waals surface area contributed by atoms with Gasteiger partial charge in [0.25, 0.3) is 11.6 Å². The molecule has 0 radical (unpaired) electrons. The zero-order chi connectivity index (χ0) is 24.2. The first-order valence-corrected chi connectivity index (χ1v) is 11.3. The first kappa shape index (κ1) is 23.8. The van der Waals surface area contributed by atoms with E-state index < -0.39 is 10.8 Å². The molecule has 2 aromatic heterocycles. The molecule has 0 spiro atoms. The summed E-state index contributed by atoms with van der Waals surface area (Å²) in [5.74, 6) is 0.499. The molecule has 2 aromatic carbocycles. The van der Waals surface area contributed by atoms with Crippen LogP contribution in [0.4, 0.5) is 11.5 Å². The number of hydrogen-bond acceptors (Lipinski definition) is 6. The summed E-state index contributed by atoms with van der Waals surface area (Å²) in [6.45, 7) is 0.405. The number of nitro benzene ring substituents is 1. The maximum Gasteiger partial charge on any atom is 0.292 e. The molecule has 4 rings (SSSR count). The Bertz CT molecular complexity index is 1370. The maximum atomic E-state index is 12.6. The summed E-state index contributed by atoms with van der Waals surface area (Å²) in [5, 5.41) is 18.6. The molecule has 4 aromatic rings. The Balaban J connectivity index is 1.38. The standard InChI is InChI=1S/C22H15BrCl2N4O5/c23-16-11-28(10-13-3-1-2-4-17(13)24)27-21(16)26-22(30)20-8-6-15(34-20)12-33-19-7-5-14(29(31)32)9-18(19)25/h1-9,11H,10,12H2,(H,26,27,30). The first-order valence-electron chi connectivity index (χ1n) is 9.73. The summed E-state index contributed by atoms with van der Waals surface area (Å²) >= 11 is 15.6. The fraction of sp³-hybridized carbons (Fsp3) is 0.0909. The molecule has 9 nitrogen and oxygen atoms in total. The second-order valence-electron chi connectivity index (χ2n) is 7.00. The highest BCUT2D eigenvalue weighted by Gasteiger charge is 2.17. The Morgan fingerprint density at radius 2 is 1.97 bits per heavy atom. The number of carbonyl (C=O) groups excluding carboxylic acids is 1. The van der Waals surface area contributed by atoms with Crippen LogP contribution in [0, 0.1) is 10.1 Å². The van der Waals surface area contributed by atoms with Gasteiger partial charge < -0.3 is 14.5 Å². The number of benzene rings is 2. The van der Waals surface area contributed by atoms with Crippen LogP contribution in [0.2, 0.25) is 10.0 Å². The van der Waals surface area contributed by atoms with Crippen LogP contribution in [0.25, 0.3) is 0 Å².